The van der Waals surface area contributed by atoms with Gasteiger partial charge in [-0.1, -0.05) is 78.0 Å². The molecule has 1 aromatic heterocycles. The van der Waals surface area contributed by atoms with E-state index in [0.717, 1.165) is 16.5 Å². The molecule has 0 saturated carbocycles. The molecule has 0 radical (unpaired) electrons. The van der Waals surface area contributed by atoms with Gasteiger partial charge in [-0.25, -0.2) is 8.42 Å². The summed E-state index contributed by atoms with van der Waals surface area (Å²) in [6, 6.07) is 26.9. The molecule has 0 aliphatic heterocycles. The number of sulfonamides is 1. The summed E-state index contributed by atoms with van der Waals surface area (Å²) in [6.07, 6.45) is 0.645. The average molecular weight is 407 g/mol. The summed E-state index contributed by atoms with van der Waals surface area (Å²) in [5, 5.41) is 4.74. The first kappa shape index (κ1) is 19.4. The smallest absolute Gasteiger partial charge is 0.220 e. The molecule has 0 bridgehead atoms. The Hall–Kier alpha value is -2.96. The topological polar surface area (TPSA) is 63.4 Å². The second-order valence-electron chi connectivity index (χ2n) is 6.94. The highest BCUT2D eigenvalue weighted by Gasteiger charge is 2.25. The summed E-state index contributed by atoms with van der Waals surface area (Å²) < 4.78 is 33.5. The molecule has 0 amide bonds. The van der Waals surface area contributed by atoms with E-state index in [2.05, 4.69) is 5.16 Å². The van der Waals surface area contributed by atoms with Crippen molar-refractivity contribution in [3.8, 4) is 0 Å². The van der Waals surface area contributed by atoms with E-state index in [1.807, 2.05) is 78.9 Å². The van der Waals surface area contributed by atoms with Crippen LogP contribution in [0.25, 0.3) is 11.0 Å². The van der Waals surface area contributed by atoms with Gasteiger partial charge >= 0.3 is 0 Å². The first-order chi connectivity index (χ1) is 14.1. The molecule has 1 heterocycles. The van der Waals surface area contributed by atoms with Crippen molar-refractivity contribution in [1.29, 1.82) is 0 Å². The lowest BCUT2D eigenvalue weighted by molar-refractivity contribution is 0.406. The fraction of sp³-hybridized carbons (Fsp3) is 0.174. The van der Waals surface area contributed by atoms with Crippen LogP contribution in [0.4, 0.5) is 0 Å². The Kier molecular flexibility index (Phi) is 5.74. The number of para-hydroxylation sites is 1. The second-order valence-corrected chi connectivity index (χ2v) is 8.91. The molecular formula is C23H22N2O3S. The maximum atomic E-state index is 13.3. The maximum absolute atomic E-state index is 13.3. The molecule has 29 heavy (non-hydrogen) atoms. The zero-order valence-electron chi connectivity index (χ0n) is 15.9. The van der Waals surface area contributed by atoms with Crippen molar-refractivity contribution < 1.29 is 12.9 Å². The van der Waals surface area contributed by atoms with Gasteiger partial charge in [0.15, 0.2) is 5.58 Å². The fourth-order valence-electron chi connectivity index (χ4n) is 3.31. The van der Waals surface area contributed by atoms with Crippen molar-refractivity contribution >= 4 is 21.0 Å². The molecule has 0 spiro atoms. The first-order valence-corrected chi connectivity index (χ1v) is 11.1. The van der Waals surface area contributed by atoms with Crippen LogP contribution in [0, 0.1) is 0 Å². The highest BCUT2D eigenvalue weighted by Crippen LogP contribution is 2.22. The Morgan fingerprint density at radius 2 is 1.41 bits per heavy atom. The highest BCUT2D eigenvalue weighted by atomic mass is 32.2. The van der Waals surface area contributed by atoms with Crippen molar-refractivity contribution in [2.24, 2.45) is 0 Å². The molecule has 3 aromatic carbocycles. The summed E-state index contributed by atoms with van der Waals surface area (Å²) in [5.74, 6) is -0.189. The zero-order chi connectivity index (χ0) is 20.1. The number of benzene rings is 3. The van der Waals surface area contributed by atoms with E-state index >= 15 is 0 Å². The molecule has 0 unspecified atom stereocenters. The number of fused-ring (bicyclic) bond motifs is 1. The number of rotatable bonds is 8. The van der Waals surface area contributed by atoms with Gasteiger partial charge in [0, 0.05) is 18.5 Å². The number of aromatic nitrogens is 1. The fourth-order valence-corrected chi connectivity index (χ4v) is 4.76. The van der Waals surface area contributed by atoms with Crippen LogP contribution in [0.5, 0.6) is 0 Å². The summed E-state index contributed by atoms with van der Waals surface area (Å²) in [6.45, 7) is 0.725. The van der Waals surface area contributed by atoms with Crippen LogP contribution in [0.3, 0.4) is 0 Å². The third kappa shape index (κ3) is 4.72. The van der Waals surface area contributed by atoms with E-state index in [1.54, 1.807) is 10.4 Å². The third-order valence-corrected chi connectivity index (χ3v) is 6.60. The largest absolute Gasteiger partial charge is 0.356 e. The minimum absolute atomic E-state index is 0.189. The Bertz CT molecular complexity index is 1170. The summed E-state index contributed by atoms with van der Waals surface area (Å²) in [7, 11) is -3.59. The van der Waals surface area contributed by atoms with E-state index in [9.17, 15) is 8.42 Å². The van der Waals surface area contributed by atoms with Crippen molar-refractivity contribution in [3.63, 3.8) is 0 Å². The first-order valence-electron chi connectivity index (χ1n) is 9.51. The van der Waals surface area contributed by atoms with E-state index < -0.39 is 10.0 Å². The van der Waals surface area contributed by atoms with Crippen LogP contribution in [-0.4, -0.2) is 24.4 Å². The predicted molar refractivity (Wildman–Crippen MR) is 114 cm³/mol. The lowest BCUT2D eigenvalue weighted by Crippen LogP contribution is -2.33. The molecule has 5 nitrogen and oxygen atoms in total. The van der Waals surface area contributed by atoms with Gasteiger partial charge < -0.3 is 4.52 Å². The van der Waals surface area contributed by atoms with Crippen molar-refractivity contribution in [2.45, 2.75) is 18.7 Å². The van der Waals surface area contributed by atoms with Crippen LogP contribution in [0.2, 0.25) is 0 Å². The SMILES string of the molecule is O=S(=O)(Cc1noc2ccccc12)N(CCc1ccccc1)Cc1ccccc1. The molecule has 6 heteroatoms. The summed E-state index contributed by atoms with van der Waals surface area (Å²) >= 11 is 0. The van der Waals surface area contributed by atoms with E-state index in [1.165, 1.54) is 0 Å². The van der Waals surface area contributed by atoms with Crippen LogP contribution < -0.4 is 0 Å². The van der Waals surface area contributed by atoms with Crippen LogP contribution in [-0.2, 0) is 28.7 Å². The van der Waals surface area contributed by atoms with Gasteiger partial charge in [-0.15, -0.1) is 0 Å². The molecule has 0 N–H and O–H groups in total. The maximum Gasteiger partial charge on any atom is 0.220 e. The summed E-state index contributed by atoms with van der Waals surface area (Å²) in [5.41, 5.74) is 3.09. The molecule has 0 aliphatic carbocycles. The van der Waals surface area contributed by atoms with Crippen molar-refractivity contribution in [2.75, 3.05) is 6.54 Å². The van der Waals surface area contributed by atoms with Crippen molar-refractivity contribution in [3.05, 3.63) is 102 Å². The second kappa shape index (κ2) is 8.59. The molecule has 0 fully saturated rings. The molecule has 0 atom stereocenters. The predicted octanol–water partition coefficient (Wildman–Crippen LogP) is 4.40. The Labute approximate surface area is 170 Å². The van der Waals surface area contributed by atoms with Gasteiger partial charge in [0.25, 0.3) is 0 Å². The van der Waals surface area contributed by atoms with Gasteiger partial charge in [-0.2, -0.15) is 4.31 Å². The highest BCUT2D eigenvalue weighted by molar-refractivity contribution is 7.88. The standard InChI is InChI=1S/C23H22N2O3S/c26-29(27,18-22-21-13-7-8-14-23(21)28-24-22)25(17-20-11-5-2-6-12-20)16-15-19-9-3-1-4-10-19/h1-14H,15-18H2. The van der Waals surface area contributed by atoms with Crippen molar-refractivity contribution in [1.82, 2.24) is 9.46 Å². The lowest BCUT2D eigenvalue weighted by atomic mass is 10.1. The van der Waals surface area contributed by atoms with Gasteiger partial charge in [-0.3, -0.25) is 0 Å². The number of hydrogen-bond acceptors (Lipinski definition) is 4. The normalized spacial score (nSPS) is 11.9. The van der Waals surface area contributed by atoms with E-state index in [-0.39, 0.29) is 5.75 Å². The minimum atomic E-state index is -3.59. The van der Waals surface area contributed by atoms with Crippen LogP contribution >= 0.6 is 0 Å². The molecule has 0 aliphatic rings. The number of hydrogen-bond donors (Lipinski definition) is 0. The van der Waals surface area contributed by atoms with E-state index in [4.69, 9.17) is 4.52 Å². The van der Waals surface area contributed by atoms with Gasteiger partial charge in [0.05, 0.1) is 0 Å². The third-order valence-electron chi connectivity index (χ3n) is 4.86. The molecule has 4 rings (SSSR count). The van der Waals surface area contributed by atoms with Crippen LogP contribution in [0.15, 0.2) is 89.5 Å². The van der Waals surface area contributed by atoms with Gasteiger partial charge in [-0.05, 0) is 29.7 Å². The van der Waals surface area contributed by atoms with Gasteiger partial charge in [0.2, 0.25) is 10.0 Å². The molecule has 4 aromatic rings. The number of nitrogens with zero attached hydrogens (tertiary/aromatic N) is 2. The Morgan fingerprint density at radius 3 is 2.14 bits per heavy atom. The van der Waals surface area contributed by atoms with Gasteiger partial charge in [0.1, 0.15) is 11.4 Å². The molecular weight excluding hydrogens is 384 g/mol. The Balaban J connectivity index is 1.59. The monoisotopic (exact) mass is 406 g/mol. The molecule has 0 saturated heterocycles. The average Bonchev–Trinajstić information content (AvgIpc) is 3.15. The van der Waals surface area contributed by atoms with E-state index in [0.29, 0.717) is 30.8 Å². The lowest BCUT2D eigenvalue weighted by Gasteiger charge is -2.22. The zero-order valence-corrected chi connectivity index (χ0v) is 16.8. The summed E-state index contributed by atoms with van der Waals surface area (Å²) in [4.78, 5) is 0. The minimum Gasteiger partial charge on any atom is -0.356 e. The molecule has 148 valence electrons. The Morgan fingerprint density at radius 1 is 0.793 bits per heavy atom. The quantitative estimate of drug-likeness (QED) is 0.435. The van der Waals surface area contributed by atoms with Crippen LogP contribution in [0.1, 0.15) is 16.8 Å².